The molecule has 0 saturated carbocycles. The zero-order chi connectivity index (χ0) is 12.9. The molecule has 0 atom stereocenters. The maximum Gasteiger partial charge on any atom is 1.00 e. The van der Waals surface area contributed by atoms with Crippen LogP contribution in [0.25, 0.3) is 10.8 Å². The Bertz CT molecular complexity index is 638. The van der Waals surface area contributed by atoms with E-state index < -0.39 is 51.5 Å². The third-order valence-electron chi connectivity index (χ3n) is 2.12. The van der Waals surface area contributed by atoms with Gasteiger partial charge in [0, 0.05) is 11.6 Å². The van der Waals surface area contributed by atoms with Gasteiger partial charge in [0.25, 0.3) is 0 Å². The summed E-state index contributed by atoms with van der Waals surface area (Å²) >= 11 is 0. The quantitative estimate of drug-likeness (QED) is 0.286. The zero-order valence-corrected chi connectivity index (χ0v) is 13.6. The maximum atomic E-state index is 13.1. The minimum Gasteiger partial charge on any atom is -0.281 e. The normalized spacial score (nSPS) is 10.6. The minimum atomic E-state index is -2.35. The molecule has 0 bridgehead atoms. The van der Waals surface area contributed by atoms with Gasteiger partial charge in [0.15, 0.2) is 11.6 Å². The van der Waals surface area contributed by atoms with Crippen LogP contribution in [0.3, 0.4) is 0 Å². The summed E-state index contributed by atoms with van der Waals surface area (Å²) < 4.78 is 90.4. The number of hydrogen-bond acceptors (Lipinski definition) is 0. The third kappa shape index (κ3) is 2.25. The SMILES string of the molecule is Fc1[c-]c(F)c2c(F)c(F)c(F)c(F)c2c1F.[Rb+]. The fourth-order valence-electron chi connectivity index (χ4n) is 1.37. The molecule has 2 aromatic carbocycles. The molecule has 0 aliphatic rings. The van der Waals surface area contributed by atoms with Crippen LogP contribution in [0, 0.1) is 46.8 Å². The van der Waals surface area contributed by atoms with Crippen LogP contribution in [-0.2, 0) is 0 Å². The largest absolute Gasteiger partial charge is 1.00 e. The summed E-state index contributed by atoms with van der Waals surface area (Å²) in [5, 5.41) is -3.16. The van der Waals surface area contributed by atoms with Gasteiger partial charge in [0.1, 0.15) is 11.6 Å². The van der Waals surface area contributed by atoms with Gasteiger partial charge >= 0.3 is 58.2 Å². The van der Waals surface area contributed by atoms with E-state index in [0.29, 0.717) is 0 Å². The number of hydrogen-bond donors (Lipinski definition) is 0. The third-order valence-corrected chi connectivity index (χ3v) is 2.12. The van der Waals surface area contributed by atoms with E-state index in [2.05, 4.69) is 0 Å². The van der Waals surface area contributed by atoms with E-state index in [4.69, 9.17) is 0 Å². The van der Waals surface area contributed by atoms with Crippen molar-refractivity contribution in [2.45, 2.75) is 0 Å². The Morgan fingerprint density at radius 2 is 0.944 bits per heavy atom. The summed E-state index contributed by atoms with van der Waals surface area (Å²) in [6.45, 7) is 0. The number of rotatable bonds is 0. The van der Waals surface area contributed by atoms with Gasteiger partial charge in [-0.25, -0.2) is 26.3 Å². The average molecular weight is 339 g/mol. The zero-order valence-electron chi connectivity index (χ0n) is 8.65. The first-order chi connectivity index (χ1) is 7.86. The molecule has 2 aromatic rings. The van der Waals surface area contributed by atoms with Crippen molar-refractivity contribution in [1.82, 2.24) is 0 Å². The summed E-state index contributed by atoms with van der Waals surface area (Å²) in [5.41, 5.74) is 0. The van der Waals surface area contributed by atoms with E-state index in [1.165, 1.54) is 0 Å². The molecule has 0 aromatic heterocycles. The van der Waals surface area contributed by atoms with Gasteiger partial charge in [-0.2, -0.15) is 0 Å². The molecule has 0 aliphatic carbocycles. The van der Waals surface area contributed by atoms with Gasteiger partial charge in [-0.1, -0.05) is 0 Å². The van der Waals surface area contributed by atoms with Crippen molar-refractivity contribution >= 4 is 10.8 Å². The standard InChI is InChI=1S/C10F7.Rb/c11-2-1-3(12)6(13)5-4(2)7(14)9(16)10(17)8(5)15;/q-1;+1. The summed E-state index contributed by atoms with van der Waals surface area (Å²) in [5.74, 6) is -14.9. The Kier molecular flexibility index (Phi) is 4.96. The van der Waals surface area contributed by atoms with E-state index in [9.17, 15) is 30.7 Å². The topological polar surface area (TPSA) is 0 Å². The van der Waals surface area contributed by atoms with Crippen molar-refractivity contribution in [3.8, 4) is 0 Å². The molecule has 0 fully saturated rings. The number of halogens is 7. The maximum absolute atomic E-state index is 13.1. The Morgan fingerprint density at radius 1 is 0.500 bits per heavy atom. The summed E-state index contributed by atoms with van der Waals surface area (Å²) in [7, 11) is 0. The Morgan fingerprint density at radius 3 is 1.44 bits per heavy atom. The Hall–Kier alpha value is 0.0152. The van der Waals surface area contributed by atoms with Crippen molar-refractivity contribution in [3.05, 3.63) is 46.8 Å². The molecule has 90 valence electrons. The molecular weight excluding hydrogens is 339 g/mol. The second kappa shape index (κ2) is 5.56. The second-order valence-corrected chi connectivity index (χ2v) is 3.07. The molecule has 2 rings (SSSR count). The van der Waals surface area contributed by atoms with Crippen molar-refractivity contribution in [1.29, 1.82) is 0 Å². The number of fused-ring (bicyclic) bond motifs is 1. The smallest absolute Gasteiger partial charge is 0.281 e. The van der Waals surface area contributed by atoms with E-state index >= 15 is 0 Å². The first-order valence-electron chi connectivity index (χ1n) is 4.07. The molecule has 0 nitrogen and oxygen atoms in total. The molecule has 0 amide bonds. The first-order valence-corrected chi connectivity index (χ1v) is 4.07. The summed E-state index contributed by atoms with van der Waals surface area (Å²) in [6.07, 6.45) is 0. The Labute approximate surface area is 145 Å². The van der Waals surface area contributed by atoms with Crippen LogP contribution in [0.5, 0.6) is 0 Å². The molecule has 0 heterocycles. The fraction of sp³-hybridized carbons (Fsp3) is 0. The molecule has 0 unspecified atom stereocenters. The van der Waals surface area contributed by atoms with Crippen LogP contribution in [-0.4, -0.2) is 0 Å². The molecule has 0 radical (unpaired) electrons. The van der Waals surface area contributed by atoms with Crippen molar-refractivity contribution in [2.24, 2.45) is 0 Å². The fourth-order valence-corrected chi connectivity index (χ4v) is 1.37. The predicted octanol–water partition coefficient (Wildman–Crippen LogP) is 0.618. The van der Waals surface area contributed by atoms with E-state index in [0.717, 1.165) is 6.07 Å². The molecule has 0 aliphatic heterocycles. The Balaban J connectivity index is 0.00000162. The van der Waals surface area contributed by atoms with Crippen LogP contribution in [0.1, 0.15) is 0 Å². The van der Waals surface area contributed by atoms with Crippen LogP contribution in [0.2, 0.25) is 0 Å². The van der Waals surface area contributed by atoms with Crippen molar-refractivity contribution in [3.63, 3.8) is 0 Å². The van der Waals surface area contributed by atoms with Crippen LogP contribution in [0.4, 0.5) is 30.7 Å². The molecule has 0 spiro atoms. The van der Waals surface area contributed by atoms with E-state index in [1.54, 1.807) is 0 Å². The molecule has 18 heavy (non-hydrogen) atoms. The van der Waals surface area contributed by atoms with Crippen molar-refractivity contribution < 1.29 is 88.9 Å². The molecular formula is C10F7Rb. The van der Waals surface area contributed by atoms with E-state index in [-0.39, 0.29) is 58.2 Å². The first kappa shape index (κ1) is 16.1. The van der Waals surface area contributed by atoms with Gasteiger partial charge in [0.2, 0.25) is 0 Å². The van der Waals surface area contributed by atoms with Gasteiger partial charge in [0.05, 0.1) is 5.82 Å². The number of benzene rings is 2. The monoisotopic (exact) mass is 338 g/mol. The molecule has 0 saturated heterocycles. The molecule has 0 N–H and O–H groups in total. The van der Waals surface area contributed by atoms with Crippen LogP contribution in [0.15, 0.2) is 0 Å². The summed E-state index contributed by atoms with van der Waals surface area (Å²) in [4.78, 5) is 0. The van der Waals surface area contributed by atoms with Gasteiger partial charge < -0.3 is 0 Å². The van der Waals surface area contributed by atoms with Crippen molar-refractivity contribution in [2.75, 3.05) is 0 Å². The van der Waals surface area contributed by atoms with Crippen LogP contribution < -0.4 is 58.2 Å². The van der Waals surface area contributed by atoms with E-state index in [1.807, 2.05) is 0 Å². The van der Waals surface area contributed by atoms with Crippen LogP contribution >= 0.6 is 0 Å². The minimum absolute atomic E-state index is 0. The summed E-state index contributed by atoms with van der Waals surface area (Å²) in [6, 6.07) is 1.09. The predicted molar refractivity (Wildman–Crippen MR) is 42.5 cm³/mol. The van der Waals surface area contributed by atoms with Gasteiger partial charge in [-0.3, -0.25) is 4.39 Å². The average Bonchev–Trinajstić information content (AvgIpc) is 2.28. The molecule has 8 heteroatoms. The second-order valence-electron chi connectivity index (χ2n) is 3.07. The van der Waals surface area contributed by atoms with Gasteiger partial charge in [-0.05, 0) is 10.8 Å². The van der Waals surface area contributed by atoms with Gasteiger partial charge in [-0.15, -0.1) is 6.07 Å².